The molecule has 1 aliphatic heterocycles. The van der Waals surface area contributed by atoms with Crippen LogP contribution in [0.2, 0.25) is 0 Å². The molecule has 2 fully saturated rings. The number of hydrogen-bond acceptors (Lipinski definition) is 2. The van der Waals surface area contributed by atoms with Gasteiger partial charge < -0.3 is 5.32 Å². The van der Waals surface area contributed by atoms with Gasteiger partial charge in [-0.25, -0.2) is 0 Å². The van der Waals surface area contributed by atoms with E-state index >= 15 is 0 Å². The lowest BCUT2D eigenvalue weighted by Gasteiger charge is -2.29. The van der Waals surface area contributed by atoms with Crippen LogP contribution < -0.4 is 5.32 Å². The Morgan fingerprint density at radius 3 is 2.67 bits per heavy atom. The van der Waals surface area contributed by atoms with E-state index in [0.717, 1.165) is 18.0 Å². The van der Waals surface area contributed by atoms with Crippen molar-refractivity contribution in [2.45, 2.75) is 44.2 Å². The highest BCUT2D eigenvalue weighted by Gasteiger charge is 2.34. The van der Waals surface area contributed by atoms with Gasteiger partial charge in [-0.3, -0.25) is 4.90 Å². The summed E-state index contributed by atoms with van der Waals surface area (Å²) >= 11 is 0. The molecule has 2 aliphatic carbocycles. The van der Waals surface area contributed by atoms with E-state index in [1.807, 2.05) is 0 Å². The summed E-state index contributed by atoms with van der Waals surface area (Å²) in [5.74, 6) is 1.000. The molecule has 3 aliphatic rings. The lowest BCUT2D eigenvalue weighted by atomic mass is 10.1. The Hall–Kier alpha value is -0.340. The summed E-state index contributed by atoms with van der Waals surface area (Å²) in [5, 5.41) is 3.73. The van der Waals surface area contributed by atoms with Crippen molar-refractivity contribution in [2.24, 2.45) is 5.92 Å². The fourth-order valence-electron chi connectivity index (χ4n) is 3.03. The van der Waals surface area contributed by atoms with E-state index in [0.29, 0.717) is 0 Å². The largest absolute Gasteiger partial charge is 0.312 e. The van der Waals surface area contributed by atoms with Gasteiger partial charge in [-0.15, -0.1) is 0 Å². The predicted molar refractivity (Wildman–Crippen MR) is 62.9 cm³/mol. The molecule has 1 saturated carbocycles. The lowest BCUT2D eigenvalue weighted by molar-refractivity contribution is 0.194. The molecule has 0 radical (unpaired) electrons. The van der Waals surface area contributed by atoms with Crippen molar-refractivity contribution in [3.05, 3.63) is 12.2 Å². The normalized spacial score (nSPS) is 34.5. The molecular formula is C13H22N2. The average molecular weight is 206 g/mol. The molecule has 15 heavy (non-hydrogen) atoms. The molecule has 0 bridgehead atoms. The first-order valence-electron chi connectivity index (χ1n) is 6.56. The second kappa shape index (κ2) is 4.26. The third-order valence-corrected chi connectivity index (χ3v) is 4.15. The van der Waals surface area contributed by atoms with Crippen LogP contribution in [0.4, 0.5) is 0 Å². The highest BCUT2D eigenvalue weighted by molar-refractivity contribution is 5.00. The van der Waals surface area contributed by atoms with Crippen LogP contribution >= 0.6 is 0 Å². The third-order valence-electron chi connectivity index (χ3n) is 4.15. The van der Waals surface area contributed by atoms with Crippen molar-refractivity contribution in [2.75, 3.05) is 19.6 Å². The minimum absolute atomic E-state index is 0.799. The molecule has 0 amide bonds. The van der Waals surface area contributed by atoms with Gasteiger partial charge in [-0.1, -0.05) is 12.2 Å². The first-order chi connectivity index (χ1) is 7.43. The number of nitrogens with zero attached hydrogens (tertiary/aromatic N) is 1. The summed E-state index contributed by atoms with van der Waals surface area (Å²) in [4.78, 5) is 2.74. The minimum Gasteiger partial charge on any atom is -0.312 e. The van der Waals surface area contributed by atoms with Gasteiger partial charge in [-0.2, -0.15) is 0 Å². The van der Waals surface area contributed by atoms with Gasteiger partial charge in [0, 0.05) is 18.6 Å². The van der Waals surface area contributed by atoms with Gasteiger partial charge in [0.25, 0.3) is 0 Å². The summed E-state index contributed by atoms with van der Waals surface area (Å²) in [6.45, 7) is 3.84. The lowest BCUT2D eigenvalue weighted by Crippen LogP contribution is -2.43. The molecular weight excluding hydrogens is 184 g/mol. The van der Waals surface area contributed by atoms with Crippen LogP contribution in [0.3, 0.4) is 0 Å². The quantitative estimate of drug-likeness (QED) is 0.693. The Labute approximate surface area is 92.7 Å². The van der Waals surface area contributed by atoms with Crippen LogP contribution in [-0.2, 0) is 0 Å². The van der Waals surface area contributed by atoms with Crippen molar-refractivity contribution in [3.8, 4) is 0 Å². The van der Waals surface area contributed by atoms with E-state index in [1.54, 1.807) is 0 Å². The van der Waals surface area contributed by atoms with Gasteiger partial charge in [0.2, 0.25) is 0 Å². The van der Waals surface area contributed by atoms with Gasteiger partial charge in [0.1, 0.15) is 0 Å². The molecule has 2 nitrogen and oxygen atoms in total. The monoisotopic (exact) mass is 206 g/mol. The molecule has 1 N–H and O–H groups in total. The number of nitrogens with one attached hydrogen (secondary N) is 1. The van der Waals surface area contributed by atoms with Crippen molar-refractivity contribution in [3.63, 3.8) is 0 Å². The Balaban J connectivity index is 1.60. The fraction of sp³-hybridized carbons (Fsp3) is 0.846. The van der Waals surface area contributed by atoms with Gasteiger partial charge in [0.05, 0.1) is 0 Å². The van der Waals surface area contributed by atoms with Crippen molar-refractivity contribution < 1.29 is 0 Å². The highest BCUT2D eigenvalue weighted by Crippen LogP contribution is 2.34. The molecule has 1 heterocycles. The molecule has 1 atom stereocenters. The summed E-state index contributed by atoms with van der Waals surface area (Å²) in [7, 11) is 0. The first-order valence-corrected chi connectivity index (χ1v) is 6.56. The summed E-state index contributed by atoms with van der Waals surface area (Å²) in [6.07, 6.45) is 11.6. The van der Waals surface area contributed by atoms with E-state index in [2.05, 4.69) is 22.4 Å². The maximum atomic E-state index is 3.73. The van der Waals surface area contributed by atoms with Crippen molar-refractivity contribution >= 4 is 0 Å². The SMILES string of the molecule is C1=CCC(N2CCCNC(C3CC3)C2)C1. The van der Waals surface area contributed by atoms with Gasteiger partial charge >= 0.3 is 0 Å². The van der Waals surface area contributed by atoms with E-state index in [-0.39, 0.29) is 0 Å². The Morgan fingerprint density at radius 2 is 1.93 bits per heavy atom. The molecule has 0 spiro atoms. The van der Waals surface area contributed by atoms with Crippen LogP contribution in [0.25, 0.3) is 0 Å². The number of rotatable bonds is 2. The third kappa shape index (κ3) is 2.26. The van der Waals surface area contributed by atoms with Crippen LogP contribution in [-0.4, -0.2) is 36.6 Å². The van der Waals surface area contributed by atoms with Gasteiger partial charge in [-0.05, 0) is 51.1 Å². The number of hydrogen-bond donors (Lipinski definition) is 1. The zero-order valence-corrected chi connectivity index (χ0v) is 9.49. The van der Waals surface area contributed by atoms with Crippen molar-refractivity contribution in [1.29, 1.82) is 0 Å². The topological polar surface area (TPSA) is 15.3 Å². The minimum atomic E-state index is 0.799. The van der Waals surface area contributed by atoms with Gasteiger partial charge in [0.15, 0.2) is 0 Å². The first kappa shape index (κ1) is 9.86. The van der Waals surface area contributed by atoms with Crippen molar-refractivity contribution in [1.82, 2.24) is 10.2 Å². The molecule has 3 rings (SSSR count). The maximum absolute atomic E-state index is 3.73. The molecule has 2 heteroatoms. The second-order valence-corrected chi connectivity index (χ2v) is 5.34. The molecule has 0 aromatic carbocycles. The summed E-state index contributed by atoms with van der Waals surface area (Å²) in [5.41, 5.74) is 0. The Morgan fingerprint density at radius 1 is 1.13 bits per heavy atom. The van der Waals surface area contributed by atoms with Crippen LogP contribution in [0.5, 0.6) is 0 Å². The average Bonchev–Trinajstić information content (AvgIpc) is 3.00. The molecule has 0 aromatic rings. The van der Waals surface area contributed by atoms with E-state index in [4.69, 9.17) is 0 Å². The van der Waals surface area contributed by atoms with Crippen LogP contribution in [0.1, 0.15) is 32.1 Å². The Kier molecular flexibility index (Phi) is 2.80. The van der Waals surface area contributed by atoms with E-state index < -0.39 is 0 Å². The summed E-state index contributed by atoms with van der Waals surface area (Å²) in [6, 6.07) is 1.62. The smallest absolute Gasteiger partial charge is 0.0223 e. The fourth-order valence-corrected chi connectivity index (χ4v) is 3.03. The molecule has 1 unspecified atom stereocenters. The standard InChI is InChI=1S/C13H22N2/c1-2-5-12(4-1)15-9-3-8-14-13(10-15)11-6-7-11/h1-2,11-14H,3-10H2. The molecule has 0 aromatic heterocycles. The maximum Gasteiger partial charge on any atom is 0.0223 e. The summed E-state index contributed by atoms with van der Waals surface area (Å²) < 4.78 is 0. The van der Waals surface area contributed by atoms with Crippen LogP contribution in [0, 0.1) is 5.92 Å². The van der Waals surface area contributed by atoms with Crippen LogP contribution in [0.15, 0.2) is 12.2 Å². The second-order valence-electron chi connectivity index (χ2n) is 5.34. The Bertz CT molecular complexity index is 237. The molecule has 1 saturated heterocycles. The highest BCUT2D eigenvalue weighted by atomic mass is 15.2. The van der Waals surface area contributed by atoms with E-state index in [1.165, 1.54) is 51.7 Å². The molecule has 84 valence electrons. The van der Waals surface area contributed by atoms with E-state index in [9.17, 15) is 0 Å². The zero-order valence-electron chi connectivity index (χ0n) is 9.49. The predicted octanol–water partition coefficient (Wildman–Crippen LogP) is 1.78. The zero-order chi connectivity index (χ0) is 10.1.